The smallest absolute Gasteiger partial charge is 0.246 e. The Balaban J connectivity index is 1.13. The molecule has 9 heteroatoms. The number of aromatic hydroxyl groups is 1. The maximum atomic E-state index is 14.3. The van der Waals surface area contributed by atoms with E-state index in [0.29, 0.717) is 19.4 Å². The second kappa shape index (κ2) is 13.8. The summed E-state index contributed by atoms with van der Waals surface area (Å²) in [7, 11) is 1.80. The molecule has 4 aromatic carbocycles. The Bertz CT molecular complexity index is 1770. The van der Waals surface area contributed by atoms with E-state index in [4.69, 9.17) is 0 Å². The zero-order valence-corrected chi connectivity index (χ0v) is 27.4. The third kappa shape index (κ3) is 6.66. The number of likely N-dealkylation sites (N-methyl/N-ethyl adjacent to an activating group) is 1. The van der Waals surface area contributed by atoms with Crippen LogP contribution in [0.15, 0.2) is 97.1 Å². The van der Waals surface area contributed by atoms with Crippen molar-refractivity contribution in [1.82, 2.24) is 24.7 Å². The summed E-state index contributed by atoms with van der Waals surface area (Å²) in [5.41, 5.74) is 3.16. The van der Waals surface area contributed by atoms with E-state index < -0.39 is 12.2 Å². The highest BCUT2D eigenvalue weighted by molar-refractivity contribution is 5.92. The molecule has 0 spiro atoms. The second-order valence-corrected chi connectivity index (χ2v) is 13.5. The van der Waals surface area contributed by atoms with Crippen LogP contribution in [0.5, 0.6) is 5.75 Å². The van der Waals surface area contributed by atoms with E-state index in [1.165, 1.54) is 5.56 Å². The molecule has 9 nitrogen and oxygen atoms in total. The van der Waals surface area contributed by atoms with Gasteiger partial charge in [-0.05, 0) is 71.4 Å². The zero-order valence-electron chi connectivity index (χ0n) is 27.4. The van der Waals surface area contributed by atoms with E-state index >= 15 is 0 Å². The van der Waals surface area contributed by atoms with Crippen molar-refractivity contribution in [3.63, 3.8) is 0 Å². The van der Waals surface area contributed by atoms with Crippen LogP contribution >= 0.6 is 0 Å². The van der Waals surface area contributed by atoms with Crippen LogP contribution in [-0.2, 0) is 33.9 Å². The number of hydrogen-bond acceptors (Lipinski definition) is 6. The minimum atomic E-state index is -0.777. The lowest BCUT2D eigenvalue weighted by Gasteiger charge is -2.55. The van der Waals surface area contributed by atoms with Gasteiger partial charge in [0.25, 0.3) is 0 Å². The van der Waals surface area contributed by atoms with Gasteiger partial charge in [0.05, 0.1) is 13.1 Å². The Morgan fingerprint density at radius 1 is 0.812 bits per heavy atom. The Hall–Kier alpha value is -4.73. The normalized spacial score (nSPS) is 21.1. The Kier molecular flexibility index (Phi) is 9.15. The first kappa shape index (κ1) is 31.8. The number of benzene rings is 4. The maximum absolute atomic E-state index is 14.3. The molecule has 3 aliphatic rings. The van der Waals surface area contributed by atoms with Crippen molar-refractivity contribution in [2.75, 3.05) is 33.2 Å². The molecule has 3 amide bonds. The van der Waals surface area contributed by atoms with Gasteiger partial charge < -0.3 is 14.9 Å². The Labute approximate surface area is 281 Å². The van der Waals surface area contributed by atoms with Gasteiger partial charge in [0.15, 0.2) is 0 Å². The van der Waals surface area contributed by atoms with Gasteiger partial charge in [0.2, 0.25) is 17.7 Å². The van der Waals surface area contributed by atoms with Crippen LogP contribution < -0.4 is 0 Å². The standard InChI is InChI=1S/C39H43N5O4/c1-40-27-38(47)43-35(22-28-14-16-33(45)17-15-28)39(48)42(25-32-12-7-11-31-10-5-6-13-34(31)32)26-36(43)44(40)37(46)23-29-18-20-41(21-19-29)24-30-8-3-2-4-9-30/h2-17,29,35-36,45H,18-27H2,1H3/t35-,36?/m0/s1. The monoisotopic (exact) mass is 645 g/mol. The number of nitrogens with zero attached hydrogens (tertiary/aromatic N) is 5. The lowest BCUT2D eigenvalue weighted by molar-refractivity contribution is -0.203. The molecule has 48 heavy (non-hydrogen) atoms. The van der Waals surface area contributed by atoms with Crippen molar-refractivity contribution in [3.8, 4) is 5.75 Å². The fourth-order valence-electron chi connectivity index (χ4n) is 7.74. The highest BCUT2D eigenvalue weighted by atomic mass is 16.3. The highest BCUT2D eigenvalue weighted by Crippen LogP contribution is 2.32. The average Bonchev–Trinajstić information content (AvgIpc) is 3.09. The largest absolute Gasteiger partial charge is 0.508 e. The molecule has 0 aromatic heterocycles. The summed E-state index contributed by atoms with van der Waals surface area (Å²) in [4.78, 5) is 48.3. The van der Waals surface area contributed by atoms with Crippen molar-refractivity contribution in [3.05, 3.63) is 114 Å². The predicted octanol–water partition coefficient (Wildman–Crippen LogP) is 4.64. The van der Waals surface area contributed by atoms with Crippen molar-refractivity contribution in [2.24, 2.45) is 5.92 Å². The van der Waals surface area contributed by atoms with E-state index in [0.717, 1.165) is 54.4 Å². The first-order valence-electron chi connectivity index (χ1n) is 17.0. The minimum Gasteiger partial charge on any atom is -0.508 e. The second-order valence-electron chi connectivity index (χ2n) is 13.5. The van der Waals surface area contributed by atoms with Crippen molar-refractivity contribution in [1.29, 1.82) is 0 Å². The van der Waals surface area contributed by atoms with Crippen LogP contribution in [0.3, 0.4) is 0 Å². The number of piperazine rings is 1. The summed E-state index contributed by atoms with van der Waals surface area (Å²) in [5.74, 6) is 0.0896. The Morgan fingerprint density at radius 3 is 2.29 bits per heavy atom. The summed E-state index contributed by atoms with van der Waals surface area (Å²) >= 11 is 0. The van der Waals surface area contributed by atoms with Crippen molar-refractivity contribution >= 4 is 28.5 Å². The number of hydrazine groups is 1. The van der Waals surface area contributed by atoms with Crippen LogP contribution in [0.1, 0.15) is 36.0 Å². The van der Waals surface area contributed by atoms with Crippen LogP contribution in [0, 0.1) is 5.92 Å². The topological polar surface area (TPSA) is 87.6 Å². The van der Waals surface area contributed by atoms with E-state index in [-0.39, 0.29) is 42.5 Å². The predicted molar refractivity (Wildman–Crippen MR) is 184 cm³/mol. The van der Waals surface area contributed by atoms with E-state index in [2.05, 4.69) is 47.4 Å². The molecule has 7 rings (SSSR count). The molecular weight excluding hydrogens is 602 g/mol. The Morgan fingerprint density at radius 2 is 1.52 bits per heavy atom. The fourth-order valence-corrected chi connectivity index (χ4v) is 7.74. The molecule has 3 saturated heterocycles. The quantitative estimate of drug-likeness (QED) is 0.301. The maximum Gasteiger partial charge on any atom is 0.246 e. The average molecular weight is 646 g/mol. The summed E-state index contributed by atoms with van der Waals surface area (Å²) in [6, 6.07) is 30.7. The van der Waals surface area contributed by atoms with Crippen LogP contribution in [0.4, 0.5) is 0 Å². The number of hydrogen-bond donors (Lipinski definition) is 1. The van der Waals surface area contributed by atoms with Crippen molar-refractivity contribution in [2.45, 2.75) is 51.0 Å². The first-order chi connectivity index (χ1) is 23.3. The number of carbonyl (C=O) groups excluding carboxylic acids is 3. The molecule has 3 fully saturated rings. The zero-order chi connectivity index (χ0) is 33.2. The van der Waals surface area contributed by atoms with E-state index in [1.54, 1.807) is 46.2 Å². The molecule has 0 radical (unpaired) electrons. The summed E-state index contributed by atoms with van der Waals surface area (Å²) < 4.78 is 0. The molecule has 248 valence electrons. The van der Waals surface area contributed by atoms with Gasteiger partial charge in [-0.15, -0.1) is 0 Å². The highest BCUT2D eigenvalue weighted by Gasteiger charge is 2.50. The van der Waals surface area contributed by atoms with Gasteiger partial charge in [-0.25, -0.2) is 5.01 Å². The van der Waals surface area contributed by atoms with Crippen LogP contribution in [-0.4, -0.2) is 93.0 Å². The van der Waals surface area contributed by atoms with Crippen LogP contribution in [0.2, 0.25) is 0 Å². The molecule has 3 aliphatic heterocycles. The van der Waals surface area contributed by atoms with Crippen molar-refractivity contribution < 1.29 is 19.5 Å². The molecular formula is C39H43N5O4. The number of amides is 3. The number of rotatable bonds is 8. The van der Waals surface area contributed by atoms with Crippen LogP contribution in [0.25, 0.3) is 10.8 Å². The number of phenols is 1. The third-order valence-corrected chi connectivity index (χ3v) is 10.2. The minimum absolute atomic E-state index is 0.00986. The number of carbonyl (C=O) groups is 3. The van der Waals surface area contributed by atoms with Gasteiger partial charge in [-0.3, -0.25) is 24.3 Å². The number of fused-ring (bicyclic) bond motifs is 2. The van der Waals surface area contributed by atoms with E-state index in [1.807, 2.05) is 35.2 Å². The van der Waals surface area contributed by atoms with Gasteiger partial charge >= 0.3 is 0 Å². The van der Waals surface area contributed by atoms with Gasteiger partial charge in [-0.1, -0.05) is 84.9 Å². The molecule has 0 bridgehead atoms. The number of phenolic OH excluding ortho intramolecular Hbond substituents is 1. The molecule has 0 saturated carbocycles. The fraction of sp³-hybridized carbons (Fsp3) is 0.359. The summed E-state index contributed by atoms with van der Waals surface area (Å²) in [6.45, 7) is 3.43. The summed E-state index contributed by atoms with van der Waals surface area (Å²) in [5, 5.41) is 15.6. The summed E-state index contributed by atoms with van der Waals surface area (Å²) in [6.07, 6.45) is 1.97. The van der Waals surface area contributed by atoms with E-state index in [9.17, 15) is 19.5 Å². The van der Waals surface area contributed by atoms with Gasteiger partial charge in [-0.2, -0.15) is 0 Å². The number of piperidine rings is 1. The number of likely N-dealkylation sites (tertiary alicyclic amines) is 1. The lowest BCUT2D eigenvalue weighted by atomic mass is 9.92. The molecule has 1 N–H and O–H groups in total. The third-order valence-electron chi connectivity index (χ3n) is 10.2. The first-order valence-corrected chi connectivity index (χ1v) is 17.0. The molecule has 4 aromatic rings. The molecule has 2 atom stereocenters. The SMILES string of the molecule is CN1CC(=O)N2C(CN(Cc3cccc4ccccc34)C(=O)[C@@H]2Cc2ccc(O)cc2)N1C(=O)CC1CCN(Cc2ccccc2)CC1. The lowest BCUT2D eigenvalue weighted by Crippen LogP contribution is -2.75. The molecule has 0 aliphatic carbocycles. The molecule has 3 heterocycles. The molecule has 1 unspecified atom stereocenters. The van der Waals surface area contributed by atoms with Gasteiger partial charge in [0, 0.05) is 33.0 Å². The van der Waals surface area contributed by atoms with Gasteiger partial charge in [0.1, 0.15) is 18.0 Å².